The van der Waals surface area contributed by atoms with Crippen molar-refractivity contribution in [1.82, 2.24) is 10.2 Å². The summed E-state index contributed by atoms with van der Waals surface area (Å²) >= 11 is 2.03. The highest BCUT2D eigenvalue weighted by molar-refractivity contribution is 7.99. The topological polar surface area (TPSA) is 61.4 Å². The smallest absolute Gasteiger partial charge is 0.241 e. The molecule has 0 spiro atoms. The molecular weight excluding hydrogens is 334 g/mol. The van der Waals surface area contributed by atoms with E-state index in [-0.39, 0.29) is 23.7 Å². The summed E-state index contributed by atoms with van der Waals surface area (Å²) in [5.41, 5.74) is 2.11. The van der Waals surface area contributed by atoms with Crippen LogP contribution in [-0.4, -0.2) is 60.3 Å². The molecule has 3 rings (SSSR count). The Kier molecular flexibility index (Phi) is 6.51. The quantitative estimate of drug-likeness (QED) is 0.809. The van der Waals surface area contributed by atoms with Gasteiger partial charge in [-0.3, -0.25) is 9.59 Å². The van der Waals surface area contributed by atoms with Gasteiger partial charge in [0.05, 0.1) is 6.04 Å². The zero-order valence-corrected chi connectivity index (χ0v) is 15.6. The van der Waals surface area contributed by atoms with Crippen molar-refractivity contribution >= 4 is 29.1 Å². The highest BCUT2D eigenvalue weighted by Gasteiger charge is 2.31. The second-order valence-corrected chi connectivity index (χ2v) is 8.12. The third-order valence-electron chi connectivity index (χ3n) is 5.06. The van der Waals surface area contributed by atoms with E-state index >= 15 is 0 Å². The number of benzene rings is 1. The fourth-order valence-electron chi connectivity index (χ4n) is 3.34. The summed E-state index contributed by atoms with van der Waals surface area (Å²) in [5, 5.41) is 6.09. The number of rotatable bonds is 6. The Morgan fingerprint density at radius 2 is 1.96 bits per heavy atom. The van der Waals surface area contributed by atoms with Gasteiger partial charge in [-0.05, 0) is 37.5 Å². The van der Waals surface area contributed by atoms with E-state index in [0.29, 0.717) is 13.0 Å². The van der Waals surface area contributed by atoms with Gasteiger partial charge in [0.15, 0.2) is 0 Å². The molecule has 25 heavy (non-hydrogen) atoms. The Labute approximate surface area is 153 Å². The standard InChI is InChI=1S/C19H27N3O2S/c1-14(23)16-12-18(20-13-16)19(24)21-17-4-2-15(3-5-17)6-7-22-8-10-25-11-9-22/h2-5,16,18,20H,6-13H2,1H3,(H,21,24). The second-order valence-electron chi connectivity index (χ2n) is 6.89. The Balaban J connectivity index is 1.45. The number of anilines is 1. The summed E-state index contributed by atoms with van der Waals surface area (Å²) in [4.78, 5) is 26.2. The van der Waals surface area contributed by atoms with E-state index in [2.05, 4.69) is 27.7 Å². The van der Waals surface area contributed by atoms with Crippen LogP contribution in [0, 0.1) is 5.92 Å². The van der Waals surface area contributed by atoms with E-state index in [4.69, 9.17) is 0 Å². The number of carbonyl (C=O) groups excluding carboxylic acids is 2. The number of thioether (sulfide) groups is 1. The minimum atomic E-state index is -0.273. The predicted molar refractivity (Wildman–Crippen MR) is 103 cm³/mol. The van der Waals surface area contributed by atoms with Crippen LogP contribution in [0.1, 0.15) is 18.9 Å². The molecule has 0 radical (unpaired) electrons. The molecule has 1 aromatic carbocycles. The molecule has 2 unspecified atom stereocenters. The maximum absolute atomic E-state index is 12.3. The maximum atomic E-state index is 12.3. The Morgan fingerprint density at radius 3 is 2.60 bits per heavy atom. The Bertz CT molecular complexity index is 599. The molecule has 2 fully saturated rings. The van der Waals surface area contributed by atoms with Gasteiger partial charge in [0.1, 0.15) is 5.78 Å². The normalized spacial score (nSPS) is 24.2. The van der Waals surface area contributed by atoms with Gasteiger partial charge >= 0.3 is 0 Å². The van der Waals surface area contributed by atoms with Crippen LogP contribution < -0.4 is 10.6 Å². The zero-order chi connectivity index (χ0) is 17.6. The molecule has 2 heterocycles. The van der Waals surface area contributed by atoms with Crippen molar-refractivity contribution in [2.45, 2.75) is 25.8 Å². The average molecular weight is 362 g/mol. The number of Topliss-reactive ketones (excluding diaryl/α,β-unsaturated/α-hetero) is 1. The summed E-state index contributed by atoms with van der Waals surface area (Å²) in [6, 6.07) is 7.85. The van der Waals surface area contributed by atoms with E-state index < -0.39 is 0 Å². The van der Waals surface area contributed by atoms with Crippen LogP contribution in [-0.2, 0) is 16.0 Å². The highest BCUT2D eigenvalue weighted by atomic mass is 32.2. The van der Waals surface area contributed by atoms with Gasteiger partial charge in [0.2, 0.25) is 5.91 Å². The lowest BCUT2D eigenvalue weighted by Gasteiger charge is -2.26. The molecule has 2 N–H and O–H groups in total. The monoisotopic (exact) mass is 361 g/mol. The number of nitrogens with one attached hydrogen (secondary N) is 2. The molecule has 0 aromatic heterocycles. The molecule has 1 aromatic rings. The van der Waals surface area contributed by atoms with E-state index in [1.54, 1.807) is 6.92 Å². The number of hydrogen-bond donors (Lipinski definition) is 2. The van der Waals surface area contributed by atoms with Crippen molar-refractivity contribution in [3.05, 3.63) is 29.8 Å². The summed E-state index contributed by atoms with van der Waals surface area (Å²) in [5.74, 6) is 2.54. The van der Waals surface area contributed by atoms with E-state index in [1.807, 2.05) is 23.9 Å². The number of ketones is 1. The summed E-state index contributed by atoms with van der Waals surface area (Å²) < 4.78 is 0. The SMILES string of the molecule is CC(=O)C1CNC(C(=O)Nc2ccc(CCN3CCSCC3)cc2)C1. The van der Waals surface area contributed by atoms with Gasteiger partial charge in [-0.25, -0.2) is 0 Å². The van der Waals surface area contributed by atoms with Crippen LogP contribution in [0.4, 0.5) is 5.69 Å². The Morgan fingerprint density at radius 1 is 1.24 bits per heavy atom. The van der Waals surface area contributed by atoms with Crippen LogP contribution in [0.5, 0.6) is 0 Å². The van der Waals surface area contributed by atoms with Gasteiger partial charge in [-0.15, -0.1) is 0 Å². The number of nitrogens with zero attached hydrogens (tertiary/aromatic N) is 1. The molecule has 2 saturated heterocycles. The fourth-order valence-corrected chi connectivity index (χ4v) is 4.32. The number of hydrogen-bond acceptors (Lipinski definition) is 5. The summed E-state index contributed by atoms with van der Waals surface area (Å²) in [6.45, 7) is 5.67. The molecule has 0 saturated carbocycles. The third-order valence-corrected chi connectivity index (χ3v) is 6.01. The first kappa shape index (κ1) is 18.4. The van der Waals surface area contributed by atoms with E-state index in [1.165, 1.54) is 30.2 Å². The van der Waals surface area contributed by atoms with Gasteiger partial charge < -0.3 is 15.5 Å². The molecule has 136 valence electrons. The Hall–Kier alpha value is -1.37. The minimum absolute atomic E-state index is 0.0358. The van der Waals surface area contributed by atoms with Crippen molar-refractivity contribution < 1.29 is 9.59 Å². The summed E-state index contributed by atoms with van der Waals surface area (Å²) in [7, 11) is 0. The van der Waals surface area contributed by atoms with Crippen LogP contribution in [0.3, 0.4) is 0 Å². The first-order valence-corrected chi connectivity index (χ1v) is 10.2. The first-order chi connectivity index (χ1) is 12.1. The lowest BCUT2D eigenvalue weighted by atomic mass is 10.0. The molecular formula is C19H27N3O2S. The van der Waals surface area contributed by atoms with Crippen LogP contribution in [0.15, 0.2) is 24.3 Å². The summed E-state index contributed by atoms with van der Waals surface area (Å²) in [6.07, 6.45) is 1.64. The van der Waals surface area contributed by atoms with Crippen molar-refractivity contribution in [3.8, 4) is 0 Å². The lowest BCUT2D eigenvalue weighted by molar-refractivity contribution is -0.120. The van der Waals surface area contributed by atoms with Crippen molar-refractivity contribution in [1.29, 1.82) is 0 Å². The molecule has 5 nitrogen and oxygen atoms in total. The van der Waals surface area contributed by atoms with Gasteiger partial charge in [-0.2, -0.15) is 11.8 Å². The largest absolute Gasteiger partial charge is 0.325 e. The third kappa shape index (κ3) is 5.30. The maximum Gasteiger partial charge on any atom is 0.241 e. The second kappa shape index (κ2) is 8.83. The molecule has 6 heteroatoms. The lowest BCUT2D eigenvalue weighted by Crippen LogP contribution is -2.35. The van der Waals surface area contributed by atoms with E-state index in [0.717, 1.165) is 18.7 Å². The van der Waals surface area contributed by atoms with Crippen molar-refractivity contribution in [2.75, 3.05) is 43.0 Å². The average Bonchev–Trinajstić information content (AvgIpc) is 3.13. The minimum Gasteiger partial charge on any atom is -0.325 e. The zero-order valence-electron chi connectivity index (χ0n) is 14.8. The van der Waals surface area contributed by atoms with Crippen LogP contribution >= 0.6 is 11.8 Å². The molecule has 0 bridgehead atoms. The molecule has 0 aliphatic carbocycles. The van der Waals surface area contributed by atoms with Gasteiger partial charge in [-0.1, -0.05) is 12.1 Å². The molecule has 1 amide bonds. The van der Waals surface area contributed by atoms with Crippen molar-refractivity contribution in [2.24, 2.45) is 5.92 Å². The molecule has 2 aliphatic heterocycles. The van der Waals surface area contributed by atoms with Gasteiger partial charge in [0, 0.05) is 49.3 Å². The van der Waals surface area contributed by atoms with E-state index in [9.17, 15) is 9.59 Å². The molecule has 2 atom stereocenters. The van der Waals surface area contributed by atoms with Crippen molar-refractivity contribution in [3.63, 3.8) is 0 Å². The van der Waals surface area contributed by atoms with Gasteiger partial charge in [0.25, 0.3) is 0 Å². The highest BCUT2D eigenvalue weighted by Crippen LogP contribution is 2.18. The predicted octanol–water partition coefficient (Wildman–Crippen LogP) is 1.78. The fraction of sp³-hybridized carbons (Fsp3) is 0.579. The first-order valence-electron chi connectivity index (χ1n) is 9.05. The van der Waals surface area contributed by atoms with Crippen LogP contribution in [0.2, 0.25) is 0 Å². The molecule has 2 aliphatic rings. The number of carbonyl (C=O) groups is 2. The number of amides is 1. The van der Waals surface area contributed by atoms with Crippen LogP contribution in [0.25, 0.3) is 0 Å².